The lowest BCUT2D eigenvalue weighted by Gasteiger charge is -2.30. The fourth-order valence-corrected chi connectivity index (χ4v) is 3.92. The zero-order chi connectivity index (χ0) is 16.0. The van der Waals surface area contributed by atoms with Gasteiger partial charge in [-0.15, -0.1) is 0 Å². The summed E-state index contributed by atoms with van der Waals surface area (Å²) in [4.78, 5) is 22.6. The first-order valence-electron chi connectivity index (χ1n) is 7.29. The van der Waals surface area contributed by atoms with Crippen LogP contribution in [0.1, 0.15) is 39.5 Å². The van der Waals surface area contributed by atoms with Crippen LogP contribution in [0.2, 0.25) is 0 Å². The molecule has 122 valence electrons. The Bertz CT molecular complexity index is 469. The van der Waals surface area contributed by atoms with E-state index in [4.69, 9.17) is 5.11 Å². The molecule has 0 spiro atoms. The molecule has 8 heteroatoms. The van der Waals surface area contributed by atoms with E-state index < -0.39 is 22.0 Å². The lowest BCUT2D eigenvalue weighted by molar-refractivity contribution is -0.142. The van der Waals surface area contributed by atoms with E-state index in [1.165, 1.54) is 11.2 Å². The Kier molecular flexibility index (Phi) is 6.60. The Balaban J connectivity index is 2.48. The van der Waals surface area contributed by atoms with Crippen molar-refractivity contribution in [1.82, 2.24) is 9.62 Å². The predicted octanol–water partition coefficient (Wildman–Crippen LogP) is 0.418. The number of carboxylic acids is 1. The number of amides is 1. The molecule has 1 unspecified atom stereocenters. The first-order valence-corrected chi connectivity index (χ1v) is 8.90. The molecule has 1 rings (SSSR count). The Morgan fingerprint density at radius 3 is 2.38 bits per heavy atom. The molecule has 7 nitrogen and oxygen atoms in total. The van der Waals surface area contributed by atoms with Crippen LogP contribution in [-0.4, -0.2) is 54.6 Å². The average Bonchev–Trinajstić information content (AvgIpc) is 2.45. The number of rotatable bonds is 7. The van der Waals surface area contributed by atoms with Crippen LogP contribution in [0.3, 0.4) is 0 Å². The van der Waals surface area contributed by atoms with Crippen molar-refractivity contribution in [2.75, 3.05) is 18.8 Å². The van der Waals surface area contributed by atoms with Crippen LogP contribution in [0.5, 0.6) is 0 Å². The predicted molar refractivity (Wildman–Crippen MR) is 78.2 cm³/mol. The van der Waals surface area contributed by atoms with E-state index in [9.17, 15) is 18.0 Å². The molecule has 0 aromatic rings. The number of aliphatic carboxylic acids is 1. The third kappa shape index (κ3) is 5.28. The number of nitrogens with zero attached hydrogens (tertiary/aromatic N) is 1. The summed E-state index contributed by atoms with van der Waals surface area (Å²) in [5, 5.41) is 11.2. The first kappa shape index (κ1) is 17.9. The van der Waals surface area contributed by atoms with Crippen LogP contribution < -0.4 is 5.32 Å². The van der Waals surface area contributed by atoms with Crippen LogP contribution >= 0.6 is 0 Å². The highest BCUT2D eigenvalue weighted by Crippen LogP contribution is 2.20. The second-order valence-electron chi connectivity index (χ2n) is 5.41. The molecule has 1 aliphatic heterocycles. The van der Waals surface area contributed by atoms with E-state index in [-0.39, 0.29) is 17.6 Å². The smallest absolute Gasteiger partial charge is 0.325 e. The molecule has 1 saturated heterocycles. The van der Waals surface area contributed by atoms with Crippen molar-refractivity contribution in [2.45, 2.75) is 45.6 Å². The maximum Gasteiger partial charge on any atom is 0.325 e. The summed E-state index contributed by atoms with van der Waals surface area (Å²) >= 11 is 0. The SMILES string of the molecule is CCCCS(=O)(=O)N1CCC(C(=O)NC(C)C(=O)O)CC1. The van der Waals surface area contributed by atoms with E-state index in [0.717, 1.165) is 6.42 Å². The standard InChI is InChI=1S/C13H24N2O5S/c1-3-4-9-21(19,20)15-7-5-11(6-8-15)12(16)14-10(2)13(17)18/h10-11H,3-9H2,1-2H3,(H,14,16)(H,17,18). The zero-order valence-electron chi connectivity index (χ0n) is 12.5. The molecule has 0 aromatic carbocycles. The number of hydrogen-bond acceptors (Lipinski definition) is 4. The van der Waals surface area contributed by atoms with Crippen LogP contribution in [-0.2, 0) is 19.6 Å². The van der Waals surface area contributed by atoms with Gasteiger partial charge in [0, 0.05) is 19.0 Å². The third-order valence-corrected chi connectivity index (χ3v) is 5.66. The van der Waals surface area contributed by atoms with Gasteiger partial charge in [-0.25, -0.2) is 12.7 Å². The monoisotopic (exact) mass is 320 g/mol. The van der Waals surface area contributed by atoms with Gasteiger partial charge < -0.3 is 10.4 Å². The molecule has 1 heterocycles. The topological polar surface area (TPSA) is 104 Å². The van der Waals surface area contributed by atoms with Gasteiger partial charge in [0.1, 0.15) is 6.04 Å². The lowest BCUT2D eigenvalue weighted by Crippen LogP contribution is -2.46. The minimum Gasteiger partial charge on any atom is -0.480 e. The largest absolute Gasteiger partial charge is 0.480 e. The van der Waals surface area contributed by atoms with E-state index in [1.807, 2.05) is 6.92 Å². The van der Waals surface area contributed by atoms with Gasteiger partial charge >= 0.3 is 5.97 Å². The number of sulfonamides is 1. The molecular formula is C13H24N2O5S. The highest BCUT2D eigenvalue weighted by molar-refractivity contribution is 7.89. The van der Waals surface area contributed by atoms with E-state index >= 15 is 0 Å². The molecule has 0 radical (unpaired) electrons. The third-order valence-electron chi connectivity index (χ3n) is 3.70. The molecule has 1 amide bonds. The van der Waals surface area contributed by atoms with Gasteiger partial charge in [-0.3, -0.25) is 9.59 Å². The van der Waals surface area contributed by atoms with Crippen molar-refractivity contribution in [3.8, 4) is 0 Å². The molecule has 1 aliphatic rings. The maximum atomic E-state index is 12.0. The normalized spacial score (nSPS) is 19.1. The number of hydrogen-bond donors (Lipinski definition) is 2. The molecular weight excluding hydrogens is 296 g/mol. The molecule has 0 saturated carbocycles. The molecule has 0 aromatic heterocycles. The summed E-state index contributed by atoms with van der Waals surface area (Å²) in [6, 6.07) is -0.927. The van der Waals surface area contributed by atoms with Crippen molar-refractivity contribution in [3.05, 3.63) is 0 Å². The highest BCUT2D eigenvalue weighted by Gasteiger charge is 2.31. The summed E-state index contributed by atoms with van der Waals surface area (Å²) < 4.78 is 25.5. The summed E-state index contributed by atoms with van der Waals surface area (Å²) in [6.45, 7) is 4.00. The fourth-order valence-electron chi connectivity index (χ4n) is 2.24. The first-order chi connectivity index (χ1) is 9.77. The Morgan fingerprint density at radius 2 is 1.90 bits per heavy atom. The van der Waals surface area contributed by atoms with Crippen molar-refractivity contribution in [3.63, 3.8) is 0 Å². The molecule has 0 aliphatic carbocycles. The van der Waals surface area contributed by atoms with Crippen molar-refractivity contribution in [2.24, 2.45) is 5.92 Å². The number of nitrogens with one attached hydrogen (secondary N) is 1. The summed E-state index contributed by atoms with van der Waals surface area (Å²) in [6.07, 6.45) is 2.33. The molecule has 2 N–H and O–H groups in total. The molecule has 1 atom stereocenters. The van der Waals surface area contributed by atoms with Gasteiger partial charge in [0.25, 0.3) is 0 Å². The Morgan fingerprint density at radius 1 is 1.33 bits per heavy atom. The van der Waals surface area contributed by atoms with Gasteiger partial charge in [-0.05, 0) is 26.2 Å². The van der Waals surface area contributed by atoms with Crippen molar-refractivity contribution < 1.29 is 23.1 Å². The van der Waals surface area contributed by atoms with Crippen molar-refractivity contribution in [1.29, 1.82) is 0 Å². The van der Waals surface area contributed by atoms with E-state index in [0.29, 0.717) is 32.4 Å². The fraction of sp³-hybridized carbons (Fsp3) is 0.846. The molecule has 1 fully saturated rings. The second kappa shape index (κ2) is 7.74. The number of unbranched alkanes of at least 4 members (excludes halogenated alkanes) is 1. The Labute approximate surface area is 125 Å². The number of piperidine rings is 1. The maximum absolute atomic E-state index is 12.0. The van der Waals surface area contributed by atoms with Crippen LogP contribution in [0, 0.1) is 5.92 Å². The van der Waals surface area contributed by atoms with Gasteiger partial charge in [0.05, 0.1) is 5.75 Å². The van der Waals surface area contributed by atoms with Crippen LogP contribution in [0.15, 0.2) is 0 Å². The van der Waals surface area contributed by atoms with Gasteiger partial charge in [0.2, 0.25) is 15.9 Å². The average molecular weight is 320 g/mol. The second-order valence-corrected chi connectivity index (χ2v) is 7.50. The number of carbonyl (C=O) groups is 2. The molecule has 0 bridgehead atoms. The molecule has 21 heavy (non-hydrogen) atoms. The minimum atomic E-state index is -3.22. The number of carboxylic acid groups (broad SMARTS) is 1. The van der Waals surface area contributed by atoms with Crippen LogP contribution in [0.25, 0.3) is 0 Å². The quantitative estimate of drug-likeness (QED) is 0.707. The van der Waals surface area contributed by atoms with E-state index in [1.54, 1.807) is 0 Å². The highest BCUT2D eigenvalue weighted by atomic mass is 32.2. The summed E-state index contributed by atoms with van der Waals surface area (Å²) in [5.74, 6) is -1.56. The summed E-state index contributed by atoms with van der Waals surface area (Å²) in [5.41, 5.74) is 0. The van der Waals surface area contributed by atoms with Gasteiger partial charge in [-0.1, -0.05) is 13.3 Å². The number of carbonyl (C=O) groups excluding carboxylic acids is 1. The Hall–Kier alpha value is -1.15. The van der Waals surface area contributed by atoms with E-state index in [2.05, 4.69) is 5.32 Å². The van der Waals surface area contributed by atoms with Crippen LogP contribution in [0.4, 0.5) is 0 Å². The minimum absolute atomic E-state index is 0.149. The van der Waals surface area contributed by atoms with Gasteiger partial charge in [-0.2, -0.15) is 0 Å². The van der Waals surface area contributed by atoms with Crippen molar-refractivity contribution >= 4 is 21.9 Å². The summed E-state index contributed by atoms with van der Waals surface area (Å²) in [7, 11) is -3.22. The zero-order valence-corrected chi connectivity index (χ0v) is 13.4. The van der Waals surface area contributed by atoms with Gasteiger partial charge in [0.15, 0.2) is 0 Å². The lowest BCUT2D eigenvalue weighted by atomic mass is 9.97.